The lowest BCUT2D eigenvalue weighted by Gasteiger charge is -2.06. The number of carbonyl (C=O) groups excluding carboxylic acids is 1. The quantitative estimate of drug-likeness (QED) is 0.647. The number of nitrogens with one attached hydrogen (secondary N) is 1. The van der Waals surface area contributed by atoms with E-state index in [2.05, 4.69) is 5.32 Å². The van der Waals surface area contributed by atoms with Crippen LogP contribution in [0.5, 0.6) is 5.75 Å². The number of unbranched alkanes of at least 4 members (excludes halogenated alkanes) is 1. The smallest absolute Gasteiger partial charge is 0.224 e. The van der Waals surface area contributed by atoms with E-state index < -0.39 is 0 Å². The van der Waals surface area contributed by atoms with E-state index >= 15 is 0 Å². The van der Waals surface area contributed by atoms with Crippen molar-refractivity contribution in [1.82, 2.24) is 0 Å². The number of rotatable bonds is 5. The van der Waals surface area contributed by atoms with E-state index in [4.69, 9.17) is 16.3 Å². The van der Waals surface area contributed by atoms with Gasteiger partial charge in [0, 0.05) is 24.4 Å². The van der Waals surface area contributed by atoms with E-state index in [0.717, 1.165) is 37.3 Å². The van der Waals surface area contributed by atoms with Crippen molar-refractivity contribution in [2.75, 3.05) is 17.8 Å². The van der Waals surface area contributed by atoms with Gasteiger partial charge in [0.1, 0.15) is 5.75 Å². The number of anilines is 1. The van der Waals surface area contributed by atoms with Gasteiger partial charge in [-0.1, -0.05) is 0 Å². The molecule has 0 atom stereocenters. The van der Waals surface area contributed by atoms with E-state index in [1.165, 1.54) is 5.56 Å². The molecule has 0 radical (unpaired) electrons. The Kier molecular flexibility index (Phi) is 4.26. The van der Waals surface area contributed by atoms with Crippen LogP contribution in [-0.2, 0) is 11.2 Å². The number of carbonyl (C=O) groups is 1. The van der Waals surface area contributed by atoms with Gasteiger partial charge in [0.15, 0.2) is 0 Å². The predicted octanol–water partition coefficient (Wildman–Crippen LogP) is 2.97. The third-order valence-electron chi connectivity index (χ3n) is 2.76. The summed E-state index contributed by atoms with van der Waals surface area (Å²) in [7, 11) is 0. The molecule has 0 fully saturated rings. The fraction of sp³-hybridized carbons (Fsp3) is 0.462. The highest BCUT2D eigenvalue weighted by Gasteiger charge is 2.12. The van der Waals surface area contributed by atoms with Gasteiger partial charge in [-0.2, -0.15) is 0 Å². The van der Waals surface area contributed by atoms with Crippen LogP contribution in [0.3, 0.4) is 0 Å². The van der Waals surface area contributed by atoms with Crippen LogP contribution in [0.15, 0.2) is 18.2 Å². The molecular formula is C13H16ClNO2. The van der Waals surface area contributed by atoms with E-state index in [9.17, 15) is 4.79 Å². The van der Waals surface area contributed by atoms with Gasteiger partial charge in [0.25, 0.3) is 0 Å². The Morgan fingerprint density at radius 2 is 2.29 bits per heavy atom. The van der Waals surface area contributed by atoms with Crippen molar-refractivity contribution in [3.63, 3.8) is 0 Å². The molecule has 1 heterocycles. The lowest BCUT2D eigenvalue weighted by Crippen LogP contribution is -2.11. The van der Waals surface area contributed by atoms with Crippen LogP contribution in [0.1, 0.15) is 24.8 Å². The maximum absolute atomic E-state index is 11.6. The van der Waals surface area contributed by atoms with Crippen LogP contribution < -0.4 is 10.1 Å². The van der Waals surface area contributed by atoms with Crippen LogP contribution >= 0.6 is 11.6 Å². The SMILES string of the molecule is O=C(CCCCCl)Nc1ccc2c(c1)CCO2. The van der Waals surface area contributed by atoms with Gasteiger partial charge in [-0.15, -0.1) is 11.6 Å². The molecular weight excluding hydrogens is 238 g/mol. The zero-order chi connectivity index (χ0) is 12.1. The summed E-state index contributed by atoms with van der Waals surface area (Å²) in [5, 5.41) is 2.89. The summed E-state index contributed by atoms with van der Waals surface area (Å²) in [4.78, 5) is 11.6. The van der Waals surface area contributed by atoms with Crippen LogP contribution in [0.25, 0.3) is 0 Å². The molecule has 1 amide bonds. The molecule has 1 N–H and O–H groups in total. The summed E-state index contributed by atoms with van der Waals surface area (Å²) in [6.07, 6.45) is 3.17. The highest BCUT2D eigenvalue weighted by molar-refractivity contribution is 6.17. The number of benzene rings is 1. The van der Waals surface area contributed by atoms with Crippen LogP contribution in [0.4, 0.5) is 5.69 Å². The van der Waals surface area contributed by atoms with Crippen molar-refractivity contribution in [3.05, 3.63) is 23.8 Å². The van der Waals surface area contributed by atoms with Gasteiger partial charge in [0.2, 0.25) is 5.91 Å². The van der Waals surface area contributed by atoms with Gasteiger partial charge in [-0.3, -0.25) is 4.79 Å². The molecule has 2 rings (SSSR count). The van der Waals surface area contributed by atoms with E-state index in [-0.39, 0.29) is 5.91 Å². The van der Waals surface area contributed by atoms with Crippen molar-refractivity contribution in [3.8, 4) is 5.75 Å². The molecule has 0 bridgehead atoms. The van der Waals surface area contributed by atoms with Crippen molar-refractivity contribution in [2.24, 2.45) is 0 Å². The van der Waals surface area contributed by atoms with Crippen LogP contribution in [0, 0.1) is 0 Å². The lowest BCUT2D eigenvalue weighted by molar-refractivity contribution is -0.116. The Bertz CT molecular complexity index is 406. The van der Waals surface area contributed by atoms with E-state index in [1.807, 2.05) is 18.2 Å². The number of halogens is 1. The van der Waals surface area contributed by atoms with Gasteiger partial charge in [0.05, 0.1) is 6.61 Å². The van der Waals surface area contributed by atoms with Crippen molar-refractivity contribution in [1.29, 1.82) is 0 Å². The van der Waals surface area contributed by atoms with E-state index in [1.54, 1.807) is 0 Å². The third kappa shape index (κ3) is 3.37. The zero-order valence-electron chi connectivity index (χ0n) is 9.67. The Labute approximate surface area is 106 Å². The predicted molar refractivity (Wildman–Crippen MR) is 68.8 cm³/mol. The minimum Gasteiger partial charge on any atom is -0.493 e. The maximum Gasteiger partial charge on any atom is 0.224 e. The second-order valence-corrected chi connectivity index (χ2v) is 4.49. The molecule has 1 aliphatic rings. The topological polar surface area (TPSA) is 38.3 Å². The summed E-state index contributed by atoms with van der Waals surface area (Å²) in [6, 6.07) is 5.78. The fourth-order valence-electron chi connectivity index (χ4n) is 1.87. The molecule has 4 heteroatoms. The Morgan fingerprint density at radius 3 is 3.12 bits per heavy atom. The molecule has 17 heavy (non-hydrogen) atoms. The van der Waals surface area contributed by atoms with Crippen LogP contribution in [0.2, 0.25) is 0 Å². The number of ether oxygens (including phenoxy) is 1. The third-order valence-corrected chi connectivity index (χ3v) is 3.03. The van der Waals surface area contributed by atoms with Gasteiger partial charge >= 0.3 is 0 Å². The molecule has 0 spiro atoms. The first kappa shape index (κ1) is 12.2. The summed E-state index contributed by atoms with van der Waals surface area (Å²) in [6.45, 7) is 0.739. The van der Waals surface area contributed by atoms with Gasteiger partial charge in [-0.25, -0.2) is 0 Å². The highest BCUT2D eigenvalue weighted by Crippen LogP contribution is 2.27. The first-order chi connectivity index (χ1) is 8.29. The Hall–Kier alpha value is -1.22. The van der Waals surface area contributed by atoms with E-state index in [0.29, 0.717) is 12.3 Å². The first-order valence-electron chi connectivity index (χ1n) is 5.91. The standard InChI is InChI=1S/C13H16ClNO2/c14-7-2-1-3-13(16)15-11-4-5-12-10(9-11)6-8-17-12/h4-5,9H,1-3,6-8H2,(H,15,16). The Balaban J connectivity index is 1.88. The minimum atomic E-state index is 0.0500. The summed E-state index contributed by atoms with van der Waals surface area (Å²) in [5.41, 5.74) is 2.02. The summed E-state index contributed by atoms with van der Waals surface area (Å²) in [5.74, 6) is 1.60. The molecule has 1 aromatic carbocycles. The second kappa shape index (κ2) is 5.92. The number of fused-ring (bicyclic) bond motifs is 1. The average Bonchev–Trinajstić information content (AvgIpc) is 2.76. The zero-order valence-corrected chi connectivity index (χ0v) is 10.4. The monoisotopic (exact) mass is 253 g/mol. The number of alkyl halides is 1. The van der Waals surface area contributed by atoms with Crippen LogP contribution in [-0.4, -0.2) is 18.4 Å². The number of hydrogen-bond acceptors (Lipinski definition) is 2. The molecule has 1 aliphatic heterocycles. The molecule has 92 valence electrons. The molecule has 1 aromatic rings. The molecule has 0 saturated carbocycles. The molecule has 0 aliphatic carbocycles. The van der Waals surface area contributed by atoms with Crippen molar-refractivity contribution >= 4 is 23.2 Å². The number of hydrogen-bond donors (Lipinski definition) is 1. The summed E-state index contributed by atoms with van der Waals surface area (Å²) >= 11 is 5.56. The van der Waals surface area contributed by atoms with Crippen molar-refractivity contribution < 1.29 is 9.53 Å². The minimum absolute atomic E-state index is 0.0500. The average molecular weight is 254 g/mol. The molecule has 0 aromatic heterocycles. The van der Waals surface area contributed by atoms with Gasteiger partial charge in [-0.05, 0) is 36.6 Å². The highest BCUT2D eigenvalue weighted by atomic mass is 35.5. The fourth-order valence-corrected chi connectivity index (χ4v) is 2.06. The van der Waals surface area contributed by atoms with Crippen molar-refractivity contribution in [2.45, 2.75) is 25.7 Å². The summed E-state index contributed by atoms with van der Waals surface area (Å²) < 4.78 is 5.41. The molecule has 0 unspecified atom stereocenters. The normalized spacial score (nSPS) is 13.0. The first-order valence-corrected chi connectivity index (χ1v) is 6.44. The van der Waals surface area contributed by atoms with Gasteiger partial charge < -0.3 is 10.1 Å². The molecule has 3 nitrogen and oxygen atoms in total. The molecule has 0 saturated heterocycles. The lowest BCUT2D eigenvalue weighted by atomic mass is 10.1. The Morgan fingerprint density at radius 1 is 1.41 bits per heavy atom. The number of amides is 1. The largest absolute Gasteiger partial charge is 0.493 e. The second-order valence-electron chi connectivity index (χ2n) is 4.12. The maximum atomic E-state index is 11.6.